The smallest absolute Gasteiger partial charge is 0.292 e. The molecule has 0 aliphatic rings. The number of nitrogens with one attached hydrogen (secondary N) is 1. The van der Waals surface area contributed by atoms with E-state index < -0.39 is 10.8 Å². The van der Waals surface area contributed by atoms with Crippen LogP contribution in [0, 0.1) is 17.0 Å². The average Bonchev–Trinajstić information content (AvgIpc) is 2.74. The number of carbonyl (C=O) groups is 1. The summed E-state index contributed by atoms with van der Waals surface area (Å²) in [5, 5.41) is 13.6. The molecule has 0 radical (unpaired) electrons. The van der Waals surface area contributed by atoms with Gasteiger partial charge < -0.3 is 5.73 Å². The highest BCUT2D eigenvalue weighted by Gasteiger charge is 2.16. The topological polar surface area (TPSA) is 124 Å². The molecular weight excluding hydrogens is 270 g/mol. The van der Waals surface area contributed by atoms with Crippen molar-refractivity contribution in [2.45, 2.75) is 6.92 Å². The Morgan fingerprint density at radius 2 is 2.26 bits per heavy atom. The van der Waals surface area contributed by atoms with Crippen molar-refractivity contribution in [3.8, 4) is 0 Å². The lowest BCUT2D eigenvalue weighted by Crippen LogP contribution is -2.12. The molecule has 1 aromatic heterocycles. The van der Waals surface area contributed by atoms with E-state index in [1.165, 1.54) is 12.1 Å². The molecule has 1 heterocycles. The van der Waals surface area contributed by atoms with Crippen molar-refractivity contribution in [2.24, 2.45) is 0 Å². The number of hydrogen-bond acceptors (Lipinski definition) is 7. The molecule has 0 saturated heterocycles. The van der Waals surface area contributed by atoms with Gasteiger partial charge in [-0.05, 0) is 19.1 Å². The molecule has 0 spiro atoms. The van der Waals surface area contributed by atoms with Gasteiger partial charge >= 0.3 is 0 Å². The first-order valence-electron chi connectivity index (χ1n) is 5.13. The minimum absolute atomic E-state index is 0.00769. The van der Waals surface area contributed by atoms with Crippen molar-refractivity contribution in [3.63, 3.8) is 0 Å². The SMILES string of the molecule is Cc1nsc(NC(=O)c2ccc(N)c([N+](=O)[O-])c2)n1. The maximum absolute atomic E-state index is 11.9. The zero-order valence-corrected chi connectivity index (χ0v) is 10.6. The molecule has 19 heavy (non-hydrogen) atoms. The minimum atomic E-state index is -0.638. The highest BCUT2D eigenvalue weighted by Crippen LogP contribution is 2.23. The summed E-state index contributed by atoms with van der Waals surface area (Å²) in [6.07, 6.45) is 0. The number of benzene rings is 1. The van der Waals surface area contributed by atoms with Gasteiger partial charge in [-0.1, -0.05) is 0 Å². The van der Waals surface area contributed by atoms with Crippen LogP contribution in [0.2, 0.25) is 0 Å². The van der Waals surface area contributed by atoms with Gasteiger partial charge in [0, 0.05) is 23.2 Å². The molecule has 0 fully saturated rings. The predicted octanol–water partition coefficient (Wildman–Crippen LogP) is 1.59. The number of carbonyl (C=O) groups excluding carboxylic acids is 1. The van der Waals surface area contributed by atoms with Crippen LogP contribution in [0.4, 0.5) is 16.5 Å². The van der Waals surface area contributed by atoms with Crippen molar-refractivity contribution >= 4 is 33.9 Å². The standard InChI is InChI=1S/C10H9N5O3S/c1-5-12-10(19-14-5)13-9(16)6-2-3-7(11)8(4-6)15(17)18/h2-4H,11H2,1H3,(H,12,13,14,16). The van der Waals surface area contributed by atoms with E-state index in [9.17, 15) is 14.9 Å². The maximum Gasteiger partial charge on any atom is 0.292 e. The lowest BCUT2D eigenvalue weighted by Gasteiger charge is -2.02. The van der Waals surface area contributed by atoms with Crippen LogP contribution < -0.4 is 11.1 Å². The fourth-order valence-corrected chi connectivity index (χ4v) is 1.93. The quantitative estimate of drug-likeness (QED) is 0.499. The lowest BCUT2D eigenvalue weighted by molar-refractivity contribution is -0.383. The number of nitrogens with two attached hydrogens (primary N) is 1. The third-order valence-corrected chi connectivity index (χ3v) is 2.96. The Morgan fingerprint density at radius 1 is 1.53 bits per heavy atom. The van der Waals surface area contributed by atoms with Gasteiger partial charge in [0.1, 0.15) is 11.5 Å². The number of nitrogens with zero attached hydrogens (tertiary/aromatic N) is 3. The first kappa shape index (κ1) is 12.9. The summed E-state index contributed by atoms with van der Waals surface area (Å²) < 4.78 is 3.91. The number of aryl methyl sites for hydroxylation is 1. The van der Waals surface area contributed by atoms with E-state index >= 15 is 0 Å². The molecule has 0 saturated carbocycles. The number of rotatable bonds is 3. The zero-order chi connectivity index (χ0) is 14.0. The van der Waals surface area contributed by atoms with E-state index in [1.54, 1.807) is 6.92 Å². The molecule has 1 amide bonds. The second-order valence-corrected chi connectivity index (χ2v) is 4.38. The highest BCUT2D eigenvalue weighted by molar-refractivity contribution is 7.09. The number of nitro groups is 1. The molecule has 0 aliphatic carbocycles. The molecule has 0 aliphatic heterocycles. The summed E-state index contributed by atoms with van der Waals surface area (Å²) in [7, 11) is 0. The summed E-state index contributed by atoms with van der Waals surface area (Å²) >= 11 is 1.03. The zero-order valence-electron chi connectivity index (χ0n) is 9.78. The third kappa shape index (κ3) is 2.83. The fraction of sp³-hybridized carbons (Fsp3) is 0.100. The second kappa shape index (κ2) is 4.98. The normalized spacial score (nSPS) is 10.2. The van der Waals surface area contributed by atoms with Gasteiger partial charge in [-0.2, -0.15) is 4.37 Å². The summed E-state index contributed by atoms with van der Waals surface area (Å²) in [5.41, 5.74) is 5.29. The van der Waals surface area contributed by atoms with E-state index in [0.717, 1.165) is 17.6 Å². The van der Waals surface area contributed by atoms with Crippen LogP contribution in [0.5, 0.6) is 0 Å². The molecule has 0 bridgehead atoms. The van der Waals surface area contributed by atoms with Crippen LogP contribution in [0.25, 0.3) is 0 Å². The monoisotopic (exact) mass is 279 g/mol. The van der Waals surface area contributed by atoms with Crippen LogP contribution in [0.3, 0.4) is 0 Å². The third-order valence-electron chi connectivity index (χ3n) is 2.24. The highest BCUT2D eigenvalue weighted by atomic mass is 32.1. The first-order valence-corrected chi connectivity index (χ1v) is 5.90. The van der Waals surface area contributed by atoms with Gasteiger partial charge in [0.25, 0.3) is 11.6 Å². The molecule has 2 aromatic rings. The molecule has 0 atom stereocenters. The van der Waals surface area contributed by atoms with E-state index in [0.29, 0.717) is 11.0 Å². The van der Waals surface area contributed by atoms with Crippen molar-refractivity contribution < 1.29 is 9.72 Å². The fourth-order valence-electron chi connectivity index (χ4n) is 1.36. The van der Waals surface area contributed by atoms with Crippen molar-refractivity contribution in [2.75, 3.05) is 11.1 Å². The average molecular weight is 279 g/mol. The van der Waals surface area contributed by atoms with Gasteiger partial charge in [0.15, 0.2) is 0 Å². The van der Waals surface area contributed by atoms with E-state index in [4.69, 9.17) is 5.73 Å². The van der Waals surface area contributed by atoms with Crippen molar-refractivity contribution in [1.29, 1.82) is 0 Å². The van der Waals surface area contributed by atoms with Crippen LogP contribution in [0.1, 0.15) is 16.2 Å². The Bertz CT molecular complexity index is 654. The Hall–Kier alpha value is -2.55. The van der Waals surface area contributed by atoms with Crippen molar-refractivity contribution in [1.82, 2.24) is 9.36 Å². The summed E-state index contributed by atoms with van der Waals surface area (Å²) in [6.45, 7) is 1.69. The maximum atomic E-state index is 11.9. The molecule has 0 unspecified atom stereocenters. The van der Waals surface area contributed by atoms with Crippen LogP contribution in [-0.2, 0) is 0 Å². The van der Waals surface area contributed by atoms with E-state index in [2.05, 4.69) is 14.7 Å². The van der Waals surface area contributed by atoms with Crippen LogP contribution in [0.15, 0.2) is 18.2 Å². The molecule has 1 aromatic carbocycles. The Kier molecular flexibility index (Phi) is 3.38. The first-order chi connectivity index (χ1) is 8.97. The van der Waals surface area contributed by atoms with Crippen LogP contribution in [-0.4, -0.2) is 20.2 Å². The molecule has 8 nitrogen and oxygen atoms in total. The van der Waals surface area contributed by atoms with Gasteiger partial charge in [0.2, 0.25) is 5.13 Å². The summed E-state index contributed by atoms with van der Waals surface area (Å²) in [5.74, 6) is 0.0443. The summed E-state index contributed by atoms with van der Waals surface area (Å²) in [4.78, 5) is 25.9. The van der Waals surface area contributed by atoms with Gasteiger partial charge in [-0.3, -0.25) is 20.2 Å². The minimum Gasteiger partial charge on any atom is -0.393 e. The van der Waals surface area contributed by atoms with Crippen LogP contribution >= 0.6 is 11.5 Å². The molecule has 3 N–H and O–H groups in total. The molecular formula is C10H9N5O3S. The van der Waals surface area contributed by atoms with E-state index in [1.807, 2.05) is 0 Å². The van der Waals surface area contributed by atoms with Gasteiger partial charge in [-0.25, -0.2) is 4.98 Å². The lowest BCUT2D eigenvalue weighted by atomic mass is 10.1. The predicted molar refractivity (Wildman–Crippen MR) is 70.1 cm³/mol. The van der Waals surface area contributed by atoms with Gasteiger partial charge in [-0.15, -0.1) is 0 Å². The number of nitrogen functional groups attached to an aromatic ring is 1. The number of aromatic nitrogens is 2. The molecule has 9 heteroatoms. The summed E-state index contributed by atoms with van der Waals surface area (Å²) in [6, 6.07) is 3.85. The Morgan fingerprint density at radius 3 is 2.84 bits per heavy atom. The second-order valence-electron chi connectivity index (χ2n) is 3.63. The Labute approximate surface area is 111 Å². The number of anilines is 2. The Balaban J connectivity index is 2.24. The molecule has 2 rings (SSSR count). The number of amides is 1. The van der Waals surface area contributed by atoms with E-state index in [-0.39, 0.29) is 16.9 Å². The van der Waals surface area contributed by atoms with Crippen molar-refractivity contribution in [3.05, 3.63) is 39.7 Å². The number of nitro benzene ring substituents is 1. The van der Waals surface area contributed by atoms with Gasteiger partial charge in [0.05, 0.1) is 4.92 Å². The largest absolute Gasteiger partial charge is 0.393 e. The molecule has 98 valence electrons. The number of hydrogen-bond donors (Lipinski definition) is 2.